The van der Waals surface area contributed by atoms with E-state index < -0.39 is 10.0 Å². The first-order chi connectivity index (χ1) is 8.80. The number of halogens is 1. The van der Waals surface area contributed by atoms with Gasteiger partial charge in [0.2, 0.25) is 10.0 Å². The van der Waals surface area contributed by atoms with E-state index in [0.29, 0.717) is 11.4 Å². The highest BCUT2D eigenvalue weighted by Crippen LogP contribution is 2.31. The Hall–Kier alpha value is -0.280. The molecule has 104 valence electrons. The van der Waals surface area contributed by atoms with Gasteiger partial charge in [-0.2, -0.15) is 4.31 Å². The summed E-state index contributed by atoms with van der Waals surface area (Å²) in [7, 11) is -1.88. The quantitative estimate of drug-likeness (QED) is 0.816. The van der Waals surface area contributed by atoms with E-state index in [4.69, 9.17) is 0 Å². The van der Waals surface area contributed by atoms with Gasteiger partial charge in [-0.05, 0) is 35.8 Å². The van der Waals surface area contributed by atoms with E-state index in [1.165, 1.54) is 27.0 Å². The summed E-state index contributed by atoms with van der Waals surface area (Å²) in [5.74, 6) is 0. The van der Waals surface area contributed by atoms with Crippen LogP contribution in [0.4, 0.5) is 0 Å². The molecule has 0 aromatic carbocycles. The fourth-order valence-electron chi connectivity index (χ4n) is 1.65. The number of hydrogen-bond donors (Lipinski definition) is 0. The van der Waals surface area contributed by atoms with Crippen LogP contribution in [0.1, 0.15) is 15.6 Å². The van der Waals surface area contributed by atoms with Crippen molar-refractivity contribution < 1.29 is 8.42 Å². The Labute approximate surface area is 129 Å². The van der Waals surface area contributed by atoms with Gasteiger partial charge in [0.25, 0.3) is 0 Å². The molecule has 0 unspecified atom stereocenters. The first kappa shape index (κ1) is 15.1. The molecule has 0 N–H and O–H groups in total. The van der Waals surface area contributed by atoms with E-state index in [2.05, 4.69) is 20.9 Å². The Bertz CT molecular complexity index is 691. The van der Waals surface area contributed by atoms with Crippen molar-refractivity contribution in [2.24, 2.45) is 0 Å². The molecule has 19 heavy (non-hydrogen) atoms. The van der Waals surface area contributed by atoms with Gasteiger partial charge in [-0.1, -0.05) is 0 Å². The molecule has 0 aliphatic rings. The molecule has 0 fully saturated rings. The van der Waals surface area contributed by atoms with Crippen LogP contribution in [0.3, 0.4) is 0 Å². The minimum Gasteiger partial charge on any atom is -0.245 e. The van der Waals surface area contributed by atoms with E-state index in [-0.39, 0.29) is 0 Å². The zero-order valence-corrected chi connectivity index (χ0v) is 14.7. The predicted octanol–water partition coefficient (Wildman–Crippen LogP) is 3.40. The van der Waals surface area contributed by atoms with Crippen molar-refractivity contribution in [2.45, 2.75) is 25.3 Å². The maximum atomic E-state index is 12.5. The van der Waals surface area contributed by atoms with Crippen LogP contribution in [0, 0.1) is 13.8 Å². The van der Waals surface area contributed by atoms with Crippen molar-refractivity contribution in [3.05, 3.63) is 30.8 Å². The lowest BCUT2D eigenvalue weighted by molar-refractivity contribution is 0.462. The summed E-state index contributed by atoms with van der Waals surface area (Å²) in [6, 6.07) is 1.65. The van der Waals surface area contributed by atoms with Gasteiger partial charge in [0.05, 0.1) is 25.9 Å². The average Bonchev–Trinajstić information content (AvgIpc) is 2.85. The largest absolute Gasteiger partial charge is 0.245 e. The Morgan fingerprint density at radius 2 is 2.11 bits per heavy atom. The van der Waals surface area contributed by atoms with Crippen molar-refractivity contribution in [2.75, 3.05) is 7.05 Å². The van der Waals surface area contributed by atoms with Crippen molar-refractivity contribution in [1.29, 1.82) is 0 Å². The maximum Gasteiger partial charge on any atom is 0.244 e. The van der Waals surface area contributed by atoms with Gasteiger partial charge in [-0.25, -0.2) is 13.4 Å². The molecule has 2 heterocycles. The molecule has 0 atom stereocenters. The summed E-state index contributed by atoms with van der Waals surface area (Å²) >= 11 is 6.26. The summed E-state index contributed by atoms with van der Waals surface area (Å²) in [5.41, 5.74) is 0.778. The minimum atomic E-state index is -3.46. The number of rotatable bonds is 4. The Kier molecular flexibility index (Phi) is 4.46. The molecule has 0 spiro atoms. The summed E-state index contributed by atoms with van der Waals surface area (Å²) in [4.78, 5) is 5.44. The van der Waals surface area contributed by atoms with E-state index in [1.807, 2.05) is 19.2 Å². The lowest BCUT2D eigenvalue weighted by Gasteiger charge is -2.15. The van der Waals surface area contributed by atoms with Gasteiger partial charge in [0.15, 0.2) is 0 Å². The molecule has 0 radical (unpaired) electrons. The molecule has 8 heteroatoms. The van der Waals surface area contributed by atoms with Crippen molar-refractivity contribution in [1.82, 2.24) is 9.29 Å². The summed E-state index contributed by atoms with van der Waals surface area (Å²) in [6.45, 7) is 4.01. The Balaban J connectivity index is 2.27. The SMILES string of the molecule is Cc1nc(CN(C)S(=O)(=O)c2cc(Br)sc2C)cs1. The molecule has 0 amide bonds. The molecule has 0 saturated carbocycles. The molecule has 0 bridgehead atoms. The summed E-state index contributed by atoms with van der Waals surface area (Å²) in [6.07, 6.45) is 0. The van der Waals surface area contributed by atoms with E-state index in [1.54, 1.807) is 13.1 Å². The third kappa shape index (κ3) is 3.25. The highest BCUT2D eigenvalue weighted by Gasteiger charge is 2.25. The van der Waals surface area contributed by atoms with Crippen LogP contribution < -0.4 is 0 Å². The van der Waals surface area contributed by atoms with Crippen LogP contribution in [0.2, 0.25) is 0 Å². The van der Waals surface area contributed by atoms with Gasteiger partial charge >= 0.3 is 0 Å². The number of sulfonamides is 1. The smallest absolute Gasteiger partial charge is 0.244 e. The zero-order valence-electron chi connectivity index (χ0n) is 10.7. The fourth-order valence-corrected chi connectivity index (χ4v) is 5.77. The third-order valence-corrected chi connectivity index (χ3v) is 7.02. The predicted molar refractivity (Wildman–Crippen MR) is 82.3 cm³/mol. The van der Waals surface area contributed by atoms with Gasteiger partial charge in [0, 0.05) is 17.3 Å². The first-order valence-corrected chi connectivity index (χ1v) is 9.37. The number of thiazole rings is 1. The van der Waals surface area contributed by atoms with Crippen molar-refractivity contribution >= 4 is 48.6 Å². The zero-order chi connectivity index (χ0) is 14.2. The Morgan fingerprint density at radius 3 is 2.58 bits per heavy atom. The van der Waals surface area contributed by atoms with Crippen LogP contribution in [-0.4, -0.2) is 24.8 Å². The maximum absolute atomic E-state index is 12.5. The fraction of sp³-hybridized carbons (Fsp3) is 0.364. The highest BCUT2D eigenvalue weighted by molar-refractivity contribution is 9.11. The standard InChI is InChI=1S/C11H13BrN2O2S3/c1-7-10(4-11(12)18-7)19(15,16)14(3)5-9-6-17-8(2)13-9/h4,6H,5H2,1-3H3. The van der Waals surface area contributed by atoms with Crippen LogP contribution in [0.25, 0.3) is 0 Å². The molecule has 2 rings (SSSR count). The van der Waals surface area contributed by atoms with Gasteiger partial charge in [0.1, 0.15) is 0 Å². The topological polar surface area (TPSA) is 50.3 Å². The number of hydrogen-bond acceptors (Lipinski definition) is 5. The second-order valence-corrected chi connectivity index (χ2v) is 9.80. The van der Waals surface area contributed by atoms with Gasteiger partial charge in [-0.3, -0.25) is 0 Å². The van der Waals surface area contributed by atoms with E-state index >= 15 is 0 Å². The highest BCUT2D eigenvalue weighted by atomic mass is 79.9. The molecule has 2 aromatic heterocycles. The van der Waals surface area contributed by atoms with Gasteiger partial charge in [-0.15, -0.1) is 22.7 Å². The monoisotopic (exact) mass is 380 g/mol. The third-order valence-electron chi connectivity index (χ3n) is 2.58. The molecule has 0 saturated heterocycles. The lowest BCUT2D eigenvalue weighted by atomic mass is 10.5. The minimum absolute atomic E-state index is 0.291. The second kappa shape index (κ2) is 5.61. The van der Waals surface area contributed by atoms with Crippen LogP contribution in [0.15, 0.2) is 20.1 Å². The second-order valence-electron chi connectivity index (χ2n) is 4.09. The van der Waals surface area contributed by atoms with Crippen LogP contribution >= 0.6 is 38.6 Å². The number of aromatic nitrogens is 1. The van der Waals surface area contributed by atoms with E-state index in [0.717, 1.165) is 19.4 Å². The Morgan fingerprint density at radius 1 is 1.42 bits per heavy atom. The number of nitrogens with zero attached hydrogens (tertiary/aromatic N) is 2. The molecule has 4 nitrogen and oxygen atoms in total. The van der Waals surface area contributed by atoms with Gasteiger partial charge < -0.3 is 0 Å². The molecular weight excluding hydrogens is 368 g/mol. The summed E-state index contributed by atoms with van der Waals surface area (Å²) in [5, 5.41) is 2.83. The summed E-state index contributed by atoms with van der Waals surface area (Å²) < 4.78 is 27.1. The number of aryl methyl sites for hydroxylation is 2. The first-order valence-electron chi connectivity index (χ1n) is 5.44. The molecule has 0 aliphatic heterocycles. The molecule has 2 aromatic rings. The van der Waals surface area contributed by atoms with E-state index in [9.17, 15) is 8.42 Å². The normalized spacial score (nSPS) is 12.3. The molecular formula is C11H13BrN2O2S3. The van der Waals surface area contributed by atoms with Crippen molar-refractivity contribution in [3.8, 4) is 0 Å². The van der Waals surface area contributed by atoms with Crippen LogP contribution in [0.5, 0.6) is 0 Å². The lowest BCUT2D eigenvalue weighted by Crippen LogP contribution is -2.26. The average molecular weight is 381 g/mol. The van der Waals surface area contributed by atoms with Crippen molar-refractivity contribution in [3.63, 3.8) is 0 Å². The molecule has 0 aliphatic carbocycles. The number of thiophene rings is 1. The van der Waals surface area contributed by atoms with Crippen LogP contribution in [-0.2, 0) is 16.6 Å².